The Morgan fingerprint density at radius 2 is 2.46 bits per heavy atom. The van der Waals surface area contributed by atoms with Crippen LogP contribution in [-0.2, 0) is 4.79 Å². The predicted molar refractivity (Wildman–Crippen MR) is 53.5 cm³/mol. The molecule has 74 valence electrons. The summed E-state index contributed by atoms with van der Waals surface area (Å²) in [6, 6.07) is -0.262. The summed E-state index contributed by atoms with van der Waals surface area (Å²) in [4.78, 5) is 11.3. The second kappa shape index (κ2) is 4.74. The number of amides is 1. The van der Waals surface area contributed by atoms with Crippen molar-refractivity contribution in [3.05, 3.63) is 11.1 Å². The summed E-state index contributed by atoms with van der Waals surface area (Å²) in [6.07, 6.45) is 0.0866. The van der Waals surface area contributed by atoms with Gasteiger partial charge in [0.25, 0.3) is 0 Å². The number of hydrogen-bond donors (Lipinski definition) is 3. The lowest BCUT2D eigenvalue weighted by Crippen LogP contribution is -2.40. The largest absolute Gasteiger partial charge is 0.392 e. The van der Waals surface area contributed by atoms with Crippen molar-refractivity contribution in [2.75, 3.05) is 13.1 Å². The quantitative estimate of drug-likeness (QED) is 0.645. The second-order valence-electron chi connectivity index (χ2n) is 3.09. The molecule has 1 aliphatic rings. The van der Waals surface area contributed by atoms with Crippen LogP contribution in [-0.4, -0.2) is 36.2 Å². The summed E-state index contributed by atoms with van der Waals surface area (Å²) in [6.45, 7) is 4.52. The van der Waals surface area contributed by atoms with E-state index in [-0.39, 0.29) is 11.9 Å². The zero-order valence-corrected chi connectivity index (χ0v) is 8.80. The molecular weight excluding hydrogens is 236 g/mol. The average Bonchev–Trinajstić information content (AvgIpc) is 2.47. The monoisotopic (exact) mass is 248 g/mol. The van der Waals surface area contributed by atoms with Crippen molar-refractivity contribution in [1.82, 2.24) is 10.6 Å². The van der Waals surface area contributed by atoms with Gasteiger partial charge in [-0.2, -0.15) is 0 Å². The first kappa shape index (κ1) is 10.7. The van der Waals surface area contributed by atoms with Crippen LogP contribution in [0.2, 0.25) is 0 Å². The van der Waals surface area contributed by atoms with Gasteiger partial charge in [-0.05, 0) is 6.42 Å². The summed E-state index contributed by atoms with van der Waals surface area (Å²) >= 11 is 3.14. The third-order valence-corrected chi connectivity index (χ3v) is 2.16. The second-order valence-corrected chi connectivity index (χ2v) is 4.21. The van der Waals surface area contributed by atoms with Crippen molar-refractivity contribution in [2.45, 2.75) is 18.6 Å². The lowest BCUT2D eigenvalue weighted by Gasteiger charge is -2.09. The first-order valence-electron chi connectivity index (χ1n) is 4.12. The van der Waals surface area contributed by atoms with Gasteiger partial charge < -0.3 is 15.7 Å². The number of carbonyl (C=O) groups excluding carboxylic acids is 1. The smallest absolute Gasteiger partial charge is 0.237 e. The maximum Gasteiger partial charge on any atom is 0.237 e. The van der Waals surface area contributed by atoms with Gasteiger partial charge in [-0.3, -0.25) is 4.79 Å². The first-order chi connectivity index (χ1) is 6.09. The number of aliphatic hydroxyl groups is 1. The van der Waals surface area contributed by atoms with Gasteiger partial charge in [0.05, 0.1) is 12.1 Å². The van der Waals surface area contributed by atoms with Crippen molar-refractivity contribution in [3.63, 3.8) is 0 Å². The van der Waals surface area contributed by atoms with E-state index in [4.69, 9.17) is 5.11 Å². The van der Waals surface area contributed by atoms with Crippen LogP contribution in [0.5, 0.6) is 0 Å². The minimum absolute atomic E-state index is 0.0860. The molecule has 0 aromatic rings. The topological polar surface area (TPSA) is 61.4 Å². The molecule has 1 fully saturated rings. The molecule has 13 heavy (non-hydrogen) atoms. The van der Waals surface area contributed by atoms with E-state index in [1.165, 1.54) is 0 Å². The molecule has 0 saturated carbocycles. The molecule has 0 aromatic carbocycles. The van der Waals surface area contributed by atoms with E-state index in [1.54, 1.807) is 0 Å². The molecule has 0 unspecified atom stereocenters. The molecule has 2 atom stereocenters. The highest BCUT2D eigenvalue weighted by atomic mass is 79.9. The normalized spacial score (nSPS) is 27.2. The number of rotatable bonds is 3. The van der Waals surface area contributed by atoms with E-state index < -0.39 is 6.10 Å². The van der Waals surface area contributed by atoms with Crippen LogP contribution in [0.15, 0.2) is 11.1 Å². The Balaban J connectivity index is 2.27. The molecule has 1 aliphatic heterocycles. The third kappa shape index (κ3) is 3.46. The number of aliphatic hydroxyl groups excluding tert-OH is 1. The van der Waals surface area contributed by atoms with Crippen LogP contribution in [0.4, 0.5) is 0 Å². The van der Waals surface area contributed by atoms with Crippen LogP contribution in [0.1, 0.15) is 6.42 Å². The molecule has 5 heteroatoms. The van der Waals surface area contributed by atoms with Crippen LogP contribution < -0.4 is 10.6 Å². The molecule has 0 spiro atoms. The van der Waals surface area contributed by atoms with Gasteiger partial charge in [-0.25, -0.2) is 0 Å². The Hall–Kier alpha value is -0.390. The lowest BCUT2D eigenvalue weighted by atomic mass is 10.2. The fraction of sp³-hybridized carbons (Fsp3) is 0.625. The Kier molecular flexibility index (Phi) is 3.90. The van der Waals surface area contributed by atoms with Crippen LogP contribution in [0.3, 0.4) is 0 Å². The standard InChI is InChI=1S/C8H13BrN2O2/c1-5(9)3-11-8(13)7-2-6(12)4-10-7/h6-7,10,12H,1-4H2,(H,11,13)/t6-,7+/m0/s1. The predicted octanol–water partition coefficient (Wildman–Crippen LogP) is -0.266. The van der Waals surface area contributed by atoms with Gasteiger partial charge in [0.2, 0.25) is 5.91 Å². The highest BCUT2D eigenvalue weighted by molar-refractivity contribution is 9.11. The first-order valence-corrected chi connectivity index (χ1v) is 4.91. The van der Waals surface area contributed by atoms with Gasteiger partial charge in [0.15, 0.2) is 0 Å². The van der Waals surface area contributed by atoms with E-state index in [2.05, 4.69) is 33.1 Å². The molecule has 0 aliphatic carbocycles. The van der Waals surface area contributed by atoms with Gasteiger partial charge in [-0.15, -0.1) is 0 Å². The molecule has 0 radical (unpaired) electrons. The molecular formula is C8H13BrN2O2. The SMILES string of the molecule is C=C(Br)CNC(=O)[C@H]1C[C@H](O)CN1. The Labute approximate surface area is 85.5 Å². The van der Waals surface area contributed by atoms with E-state index in [0.29, 0.717) is 19.5 Å². The highest BCUT2D eigenvalue weighted by Gasteiger charge is 2.27. The van der Waals surface area contributed by atoms with E-state index in [1.807, 2.05) is 0 Å². The fourth-order valence-corrected chi connectivity index (χ4v) is 1.36. The van der Waals surface area contributed by atoms with Crippen molar-refractivity contribution in [2.24, 2.45) is 0 Å². The van der Waals surface area contributed by atoms with Crippen molar-refractivity contribution >= 4 is 21.8 Å². The van der Waals surface area contributed by atoms with Gasteiger partial charge >= 0.3 is 0 Å². The summed E-state index contributed by atoms with van der Waals surface area (Å²) in [5, 5.41) is 14.8. The molecule has 0 aromatic heterocycles. The lowest BCUT2D eigenvalue weighted by molar-refractivity contribution is -0.122. The molecule has 0 bridgehead atoms. The Bertz CT molecular complexity index is 220. The number of β-amino-alcohol motifs (C(OH)–C–C–N with tert-alkyl or cyclic N) is 1. The zero-order chi connectivity index (χ0) is 9.84. The molecule has 3 N–H and O–H groups in total. The summed E-state index contributed by atoms with van der Waals surface area (Å²) < 4.78 is 0.736. The van der Waals surface area contributed by atoms with E-state index in [9.17, 15) is 4.79 Å². The maximum atomic E-state index is 11.3. The van der Waals surface area contributed by atoms with Crippen molar-refractivity contribution in [3.8, 4) is 0 Å². The Morgan fingerprint density at radius 3 is 2.92 bits per heavy atom. The van der Waals surface area contributed by atoms with Gasteiger partial charge in [-0.1, -0.05) is 22.5 Å². The highest BCUT2D eigenvalue weighted by Crippen LogP contribution is 2.06. The van der Waals surface area contributed by atoms with Crippen LogP contribution >= 0.6 is 15.9 Å². The van der Waals surface area contributed by atoms with E-state index in [0.717, 1.165) is 4.48 Å². The fourth-order valence-electron chi connectivity index (χ4n) is 1.22. The van der Waals surface area contributed by atoms with Crippen LogP contribution in [0, 0.1) is 0 Å². The summed E-state index contributed by atoms with van der Waals surface area (Å²) in [5.74, 6) is -0.0860. The minimum atomic E-state index is -0.400. The third-order valence-electron chi connectivity index (χ3n) is 1.88. The summed E-state index contributed by atoms with van der Waals surface area (Å²) in [5.41, 5.74) is 0. The Morgan fingerprint density at radius 1 is 1.77 bits per heavy atom. The number of nitrogens with one attached hydrogen (secondary N) is 2. The molecule has 1 rings (SSSR count). The van der Waals surface area contributed by atoms with Crippen molar-refractivity contribution < 1.29 is 9.90 Å². The molecule has 1 saturated heterocycles. The van der Waals surface area contributed by atoms with Crippen LogP contribution in [0.25, 0.3) is 0 Å². The van der Waals surface area contributed by atoms with Gasteiger partial charge in [0.1, 0.15) is 0 Å². The number of hydrogen-bond acceptors (Lipinski definition) is 3. The summed E-state index contributed by atoms with van der Waals surface area (Å²) in [7, 11) is 0. The molecule has 1 amide bonds. The average molecular weight is 249 g/mol. The van der Waals surface area contributed by atoms with E-state index >= 15 is 0 Å². The number of halogens is 1. The van der Waals surface area contributed by atoms with Gasteiger partial charge in [0, 0.05) is 17.6 Å². The minimum Gasteiger partial charge on any atom is -0.392 e. The number of carbonyl (C=O) groups is 1. The maximum absolute atomic E-state index is 11.3. The zero-order valence-electron chi connectivity index (χ0n) is 7.22. The molecule has 1 heterocycles. The molecule has 4 nitrogen and oxygen atoms in total. The van der Waals surface area contributed by atoms with Crippen molar-refractivity contribution in [1.29, 1.82) is 0 Å².